The molecular formula is C24H27N5O2S. The molecule has 1 saturated heterocycles. The van der Waals surface area contributed by atoms with Crippen molar-refractivity contribution in [3.8, 4) is 6.07 Å². The summed E-state index contributed by atoms with van der Waals surface area (Å²) in [6.07, 6.45) is 1.70. The molecule has 1 amide bonds. The van der Waals surface area contributed by atoms with Crippen molar-refractivity contribution in [2.24, 2.45) is 0 Å². The monoisotopic (exact) mass is 449 g/mol. The standard InChI is InChI=1S/C24H27N5O2S/c1-16-17(2)32-24-22(16)23(31)26-20(27-24)8-9-21(30)29-11-3-10-28(12-13-29)15-19-6-4-18(14-25)5-7-19/h4-7H,3,8-13,15H2,1-2H3,(H,26,27,31). The number of hydrogen-bond donors (Lipinski definition) is 1. The molecule has 1 fully saturated rings. The number of rotatable bonds is 5. The summed E-state index contributed by atoms with van der Waals surface area (Å²) >= 11 is 1.53. The van der Waals surface area contributed by atoms with E-state index in [1.807, 2.05) is 43.0 Å². The van der Waals surface area contributed by atoms with Crippen LogP contribution in [0.15, 0.2) is 29.1 Å². The van der Waals surface area contributed by atoms with Gasteiger partial charge in [0.1, 0.15) is 10.7 Å². The number of carbonyl (C=O) groups excluding carboxylic acids is 1. The van der Waals surface area contributed by atoms with Gasteiger partial charge in [0.05, 0.1) is 17.0 Å². The summed E-state index contributed by atoms with van der Waals surface area (Å²) < 4.78 is 0. The van der Waals surface area contributed by atoms with Crippen molar-refractivity contribution in [2.45, 2.75) is 39.7 Å². The molecule has 2 aromatic heterocycles. The number of hydrogen-bond acceptors (Lipinski definition) is 6. The molecule has 0 radical (unpaired) electrons. The molecule has 1 aliphatic heterocycles. The predicted octanol–water partition coefficient (Wildman–Crippen LogP) is 3.14. The molecule has 1 aromatic carbocycles. The van der Waals surface area contributed by atoms with Crippen LogP contribution in [-0.4, -0.2) is 51.9 Å². The maximum Gasteiger partial charge on any atom is 0.259 e. The quantitative estimate of drug-likeness (QED) is 0.646. The number of nitriles is 1. The average Bonchev–Trinajstić information content (AvgIpc) is 2.93. The van der Waals surface area contributed by atoms with Crippen molar-refractivity contribution in [1.82, 2.24) is 19.8 Å². The highest BCUT2D eigenvalue weighted by molar-refractivity contribution is 7.18. The van der Waals surface area contributed by atoms with Gasteiger partial charge in [-0.15, -0.1) is 11.3 Å². The van der Waals surface area contributed by atoms with Gasteiger partial charge in [-0.05, 0) is 43.5 Å². The van der Waals surface area contributed by atoms with Crippen molar-refractivity contribution in [1.29, 1.82) is 5.26 Å². The van der Waals surface area contributed by atoms with Crippen LogP contribution in [0.2, 0.25) is 0 Å². The minimum atomic E-state index is -0.118. The molecule has 0 unspecified atom stereocenters. The van der Waals surface area contributed by atoms with Crippen molar-refractivity contribution in [3.63, 3.8) is 0 Å². The fourth-order valence-electron chi connectivity index (χ4n) is 4.12. The van der Waals surface area contributed by atoms with Gasteiger partial charge in [-0.2, -0.15) is 5.26 Å². The molecular weight excluding hydrogens is 422 g/mol. The zero-order valence-electron chi connectivity index (χ0n) is 18.5. The number of fused-ring (bicyclic) bond motifs is 1. The Morgan fingerprint density at radius 3 is 2.72 bits per heavy atom. The third kappa shape index (κ3) is 4.90. The van der Waals surface area contributed by atoms with E-state index in [0.29, 0.717) is 36.2 Å². The highest BCUT2D eigenvalue weighted by Gasteiger charge is 2.20. The number of nitrogens with one attached hydrogen (secondary N) is 1. The molecule has 0 saturated carbocycles. The van der Waals surface area contributed by atoms with E-state index >= 15 is 0 Å². The lowest BCUT2D eigenvalue weighted by Crippen LogP contribution is -2.35. The van der Waals surface area contributed by atoms with Crippen LogP contribution in [0.1, 0.15) is 40.2 Å². The van der Waals surface area contributed by atoms with Crippen molar-refractivity contribution >= 4 is 27.5 Å². The van der Waals surface area contributed by atoms with Crippen LogP contribution in [0.3, 0.4) is 0 Å². The number of benzene rings is 1. The summed E-state index contributed by atoms with van der Waals surface area (Å²) in [5, 5.41) is 9.60. The van der Waals surface area contributed by atoms with Crippen LogP contribution >= 0.6 is 11.3 Å². The lowest BCUT2D eigenvalue weighted by molar-refractivity contribution is -0.131. The molecule has 8 heteroatoms. The minimum Gasteiger partial charge on any atom is -0.341 e. The molecule has 0 atom stereocenters. The van der Waals surface area contributed by atoms with E-state index < -0.39 is 0 Å². The molecule has 166 valence electrons. The van der Waals surface area contributed by atoms with Gasteiger partial charge in [-0.1, -0.05) is 12.1 Å². The third-order valence-electron chi connectivity index (χ3n) is 6.09. The Hall–Kier alpha value is -3.02. The lowest BCUT2D eigenvalue weighted by atomic mass is 10.1. The summed E-state index contributed by atoms with van der Waals surface area (Å²) in [6, 6.07) is 9.82. The smallest absolute Gasteiger partial charge is 0.259 e. The Morgan fingerprint density at radius 2 is 1.97 bits per heavy atom. The van der Waals surface area contributed by atoms with Crippen LogP contribution in [0, 0.1) is 25.2 Å². The van der Waals surface area contributed by atoms with E-state index in [-0.39, 0.29) is 11.5 Å². The number of aryl methyl sites for hydroxylation is 3. The fraction of sp³-hybridized carbons (Fsp3) is 0.417. The van der Waals surface area contributed by atoms with Crippen LogP contribution in [0.5, 0.6) is 0 Å². The lowest BCUT2D eigenvalue weighted by Gasteiger charge is -2.22. The maximum absolute atomic E-state index is 12.8. The second kappa shape index (κ2) is 9.63. The van der Waals surface area contributed by atoms with Gasteiger partial charge in [-0.3, -0.25) is 14.5 Å². The Kier molecular flexibility index (Phi) is 6.68. The van der Waals surface area contributed by atoms with E-state index in [9.17, 15) is 9.59 Å². The van der Waals surface area contributed by atoms with Crippen molar-refractivity contribution in [3.05, 3.63) is 62.0 Å². The number of aromatic amines is 1. The first-order chi connectivity index (χ1) is 15.4. The van der Waals surface area contributed by atoms with Gasteiger partial charge in [0.15, 0.2) is 0 Å². The minimum absolute atomic E-state index is 0.103. The predicted molar refractivity (Wildman–Crippen MR) is 126 cm³/mol. The topological polar surface area (TPSA) is 93.1 Å². The first-order valence-corrected chi connectivity index (χ1v) is 11.7. The number of aromatic nitrogens is 2. The zero-order valence-corrected chi connectivity index (χ0v) is 19.3. The molecule has 0 bridgehead atoms. The number of thiophene rings is 1. The molecule has 32 heavy (non-hydrogen) atoms. The van der Waals surface area contributed by atoms with Gasteiger partial charge in [0.25, 0.3) is 5.56 Å². The van der Waals surface area contributed by atoms with E-state index in [4.69, 9.17) is 5.26 Å². The molecule has 3 aromatic rings. The van der Waals surface area contributed by atoms with Gasteiger partial charge >= 0.3 is 0 Å². The molecule has 0 aliphatic carbocycles. The maximum atomic E-state index is 12.8. The zero-order chi connectivity index (χ0) is 22.7. The van der Waals surface area contributed by atoms with Crippen LogP contribution < -0.4 is 5.56 Å². The van der Waals surface area contributed by atoms with Gasteiger partial charge < -0.3 is 9.88 Å². The second-order valence-electron chi connectivity index (χ2n) is 8.30. The Labute approximate surface area is 191 Å². The molecule has 0 spiro atoms. The summed E-state index contributed by atoms with van der Waals surface area (Å²) in [7, 11) is 0. The Balaban J connectivity index is 1.32. The number of amides is 1. The number of carbonyl (C=O) groups is 1. The highest BCUT2D eigenvalue weighted by atomic mass is 32.1. The normalized spacial score (nSPS) is 15.0. The van der Waals surface area contributed by atoms with E-state index in [2.05, 4.69) is 20.9 Å². The average molecular weight is 450 g/mol. The first kappa shape index (κ1) is 22.2. The number of H-pyrrole nitrogens is 1. The van der Waals surface area contributed by atoms with E-state index in [0.717, 1.165) is 47.9 Å². The molecule has 1 aliphatic rings. The Bertz CT molecular complexity index is 1220. The van der Waals surface area contributed by atoms with Crippen LogP contribution in [-0.2, 0) is 17.8 Å². The summed E-state index contributed by atoms with van der Waals surface area (Å²) in [6.45, 7) is 7.95. The van der Waals surface area contributed by atoms with E-state index in [1.54, 1.807) is 0 Å². The molecule has 7 nitrogen and oxygen atoms in total. The molecule has 1 N–H and O–H groups in total. The van der Waals surface area contributed by atoms with Crippen LogP contribution in [0.4, 0.5) is 0 Å². The largest absolute Gasteiger partial charge is 0.341 e. The SMILES string of the molecule is Cc1sc2nc(CCC(=O)N3CCCN(Cc4ccc(C#N)cc4)CC3)[nH]c(=O)c2c1C. The van der Waals surface area contributed by atoms with Gasteiger partial charge in [0, 0.05) is 50.4 Å². The molecule has 3 heterocycles. The number of nitrogens with zero attached hydrogens (tertiary/aromatic N) is 4. The van der Waals surface area contributed by atoms with E-state index in [1.165, 1.54) is 16.9 Å². The Morgan fingerprint density at radius 1 is 1.19 bits per heavy atom. The summed E-state index contributed by atoms with van der Waals surface area (Å²) in [5.74, 6) is 0.681. The fourth-order valence-corrected chi connectivity index (χ4v) is 5.17. The van der Waals surface area contributed by atoms with Gasteiger partial charge in [0.2, 0.25) is 5.91 Å². The summed E-state index contributed by atoms with van der Waals surface area (Å²) in [5.41, 5.74) is 2.71. The van der Waals surface area contributed by atoms with Crippen molar-refractivity contribution in [2.75, 3.05) is 26.2 Å². The highest BCUT2D eigenvalue weighted by Crippen LogP contribution is 2.25. The van der Waals surface area contributed by atoms with Gasteiger partial charge in [-0.25, -0.2) is 4.98 Å². The second-order valence-corrected chi connectivity index (χ2v) is 9.50. The van der Waals surface area contributed by atoms with Crippen molar-refractivity contribution < 1.29 is 4.79 Å². The first-order valence-electron chi connectivity index (χ1n) is 10.9. The summed E-state index contributed by atoms with van der Waals surface area (Å²) in [4.78, 5) is 38.8. The third-order valence-corrected chi connectivity index (χ3v) is 7.20. The molecule has 4 rings (SSSR count). The van der Waals surface area contributed by atoms with Crippen LogP contribution in [0.25, 0.3) is 10.2 Å².